The third-order valence-electron chi connectivity index (χ3n) is 2.48. The zero-order valence-electron chi connectivity index (χ0n) is 10.9. The summed E-state index contributed by atoms with van der Waals surface area (Å²) < 4.78 is 0. The Balaban J connectivity index is 2.54. The average molecular weight is 249 g/mol. The Morgan fingerprint density at radius 1 is 1.11 bits per heavy atom. The first kappa shape index (κ1) is 14.2. The van der Waals surface area contributed by atoms with Crippen LogP contribution in [0.4, 0.5) is 5.69 Å². The van der Waals surface area contributed by atoms with Gasteiger partial charge in [0.2, 0.25) is 11.8 Å². The molecule has 0 unspecified atom stereocenters. The van der Waals surface area contributed by atoms with Crippen molar-refractivity contribution < 1.29 is 9.59 Å². The smallest absolute Gasteiger partial charge is 0.246 e. The van der Waals surface area contributed by atoms with Gasteiger partial charge in [-0.15, -0.1) is 0 Å². The molecule has 1 aromatic rings. The summed E-state index contributed by atoms with van der Waals surface area (Å²) in [5.74, 6) is -0.616. The van der Waals surface area contributed by atoms with E-state index in [2.05, 4.69) is 10.6 Å². The number of amides is 2. The Morgan fingerprint density at radius 2 is 1.67 bits per heavy atom. The van der Waals surface area contributed by atoms with Crippen LogP contribution in [0, 0.1) is 6.92 Å². The largest absolute Gasteiger partial charge is 0.343 e. The highest BCUT2D eigenvalue weighted by molar-refractivity contribution is 5.97. The second kappa shape index (κ2) is 6.16. The molecule has 2 amide bonds. The summed E-state index contributed by atoms with van der Waals surface area (Å²) in [7, 11) is 0. The van der Waals surface area contributed by atoms with Gasteiger partial charge in [0.15, 0.2) is 0 Å². The van der Waals surface area contributed by atoms with Gasteiger partial charge in [0.05, 0.1) is 6.04 Å². The minimum Gasteiger partial charge on any atom is -0.343 e. The van der Waals surface area contributed by atoms with E-state index in [9.17, 15) is 9.59 Å². The van der Waals surface area contributed by atoms with E-state index >= 15 is 0 Å². The molecule has 4 N–H and O–H groups in total. The lowest BCUT2D eigenvalue weighted by Gasteiger charge is -2.15. The van der Waals surface area contributed by atoms with E-state index in [0.29, 0.717) is 5.69 Å². The third kappa shape index (κ3) is 4.18. The van der Waals surface area contributed by atoms with Crippen molar-refractivity contribution in [2.24, 2.45) is 5.73 Å². The second-order valence-electron chi connectivity index (χ2n) is 4.37. The molecular weight excluding hydrogens is 230 g/mol. The molecule has 98 valence electrons. The predicted molar refractivity (Wildman–Crippen MR) is 71.1 cm³/mol. The molecule has 0 fully saturated rings. The maximum absolute atomic E-state index is 11.8. The Hall–Kier alpha value is -1.88. The summed E-state index contributed by atoms with van der Waals surface area (Å²) in [4.78, 5) is 23.1. The summed E-state index contributed by atoms with van der Waals surface area (Å²) in [5, 5.41) is 5.25. The minimum absolute atomic E-state index is 0.271. The summed E-state index contributed by atoms with van der Waals surface area (Å²) in [6.45, 7) is 5.15. The van der Waals surface area contributed by atoms with E-state index in [1.54, 1.807) is 13.8 Å². The van der Waals surface area contributed by atoms with E-state index in [-0.39, 0.29) is 11.8 Å². The van der Waals surface area contributed by atoms with Crippen molar-refractivity contribution in [1.29, 1.82) is 0 Å². The standard InChI is InChI=1S/C13H19N3O2/c1-8-4-6-11(7-5-8)16-13(18)10(3)15-12(17)9(2)14/h4-7,9-10H,14H2,1-3H3,(H,15,17)(H,16,18)/t9-,10-/m0/s1. The lowest BCUT2D eigenvalue weighted by atomic mass is 10.2. The van der Waals surface area contributed by atoms with Crippen molar-refractivity contribution in [2.45, 2.75) is 32.9 Å². The van der Waals surface area contributed by atoms with Gasteiger partial charge in [0, 0.05) is 5.69 Å². The van der Waals surface area contributed by atoms with E-state index in [1.165, 1.54) is 0 Å². The zero-order valence-corrected chi connectivity index (χ0v) is 10.9. The van der Waals surface area contributed by atoms with Gasteiger partial charge in [0.1, 0.15) is 6.04 Å². The fourth-order valence-electron chi connectivity index (χ4n) is 1.30. The summed E-state index contributed by atoms with van der Waals surface area (Å²) in [6.07, 6.45) is 0. The van der Waals surface area contributed by atoms with Crippen LogP contribution in [0.25, 0.3) is 0 Å². The molecule has 5 nitrogen and oxygen atoms in total. The van der Waals surface area contributed by atoms with Crippen LogP contribution in [-0.2, 0) is 9.59 Å². The Kier molecular flexibility index (Phi) is 4.85. The molecule has 0 radical (unpaired) electrons. The number of benzene rings is 1. The van der Waals surface area contributed by atoms with Gasteiger partial charge in [-0.3, -0.25) is 9.59 Å². The van der Waals surface area contributed by atoms with Crippen molar-refractivity contribution in [1.82, 2.24) is 5.32 Å². The van der Waals surface area contributed by atoms with E-state index in [4.69, 9.17) is 5.73 Å². The highest BCUT2D eigenvalue weighted by Gasteiger charge is 2.17. The Morgan fingerprint density at radius 3 is 2.17 bits per heavy atom. The van der Waals surface area contributed by atoms with Gasteiger partial charge < -0.3 is 16.4 Å². The van der Waals surface area contributed by atoms with Crippen LogP contribution in [0.15, 0.2) is 24.3 Å². The predicted octanol–water partition coefficient (Wildman–Crippen LogP) is 0.785. The van der Waals surface area contributed by atoms with Gasteiger partial charge in [0.25, 0.3) is 0 Å². The van der Waals surface area contributed by atoms with Gasteiger partial charge in [-0.1, -0.05) is 17.7 Å². The Bertz CT molecular complexity index is 426. The zero-order chi connectivity index (χ0) is 13.7. The molecule has 0 aliphatic rings. The second-order valence-corrected chi connectivity index (χ2v) is 4.37. The summed E-state index contributed by atoms with van der Waals surface area (Å²) >= 11 is 0. The number of rotatable bonds is 4. The molecule has 18 heavy (non-hydrogen) atoms. The molecule has 0 spiro atoms. The topological polar surface area (TPSA) is 84.2 Å². The van der Waals surface area contributed by atoms with Gasteiger partial charge in [-0.25, -0.2) is 0 Å². The number of hydrogen-bond donors (Lipinski definition) is 3. The van der Waals surface area contributed by atoms with Crippen molar-refractivity contribution in [2.75, 3.05) is 5.32 Å². The normalized spacial score (nSPS) is 13.6. The van der Waals surface area contributed by atoms with Crippen LogP contribution >= 0.6 is 0 Å². The number of nitrogens with one attached hydrogen (secondary N) is 2. The molecule has 0 aliphatic carbocycles. The van der Waals surface area contributed by atoms with Crippen LogP contribution in [0.3, 0.4) is 0 Å². The maximum atomic E-state index is 11.8. The molecule has 5 heteroatoms. The number of hydrogen-bond acceptors (Lipinski definition) is 3. The highest BCUT2D eigenvalue weighted by Crippen LogP contribution is 2.08. The van der Waals surface area contributed by atoms with Gasteiger partial charge in [-0.2, -0.15) is 0 Å². The fraction of sp³-hybridized carbons (Fsp3) is 0.385. The third-order valence-corrected chi connectivity index (χ3v) is 2.48. The summed E-state index contributed by atoms with van der Waals surface area (Å²) in [5.41, 5.74) is 7.23. The van der Waals surface area contributed by atoms with Crippen molar-refractivity contribution in [3.8, 4) is 0 Å². The monoisotopic (exact) mass is 249 g/mol. The number of carbonyl (C=O) groups excluding carboxylic acids is 2. The van der Waals surface area contributed by atoms with Crippen molar-refractivity contribution >= 4 is 17.5 Å². The van der Waals surface area contributed by atoms with Crippen LogP contribution in [-0.4, -0.2) is 23.9 Å². The number of aryl methyl sites for hydroxylation is 1. The van der Waals surface area contributed by atoms with E-state index in [0.717, 1.165) is 5.56 Å². The molecular formula is C13H19N3O2. The van der Waals surface area contributed by atoms with Crippen LogP contribution in [0.1, 0.15) is 19.4 Å². The molecule has 0 saturated carbocycles. The first-order valence-corrected chi connectivity index (χ1v) is 5.83. The lowest BCUT2D eigenvalue weighted by molar-refractivity contribution is -0.126. The molecule has 0 bridgehead atoms. The number of carbonyl (C=O) groups is 2. The molecule has 0 saturated heterocycles. The molecule has 0 aliphatic heterocycles. The van der Waals surface area contributed by atoms with Crippen molar-refractivity contribution in [3.63, 3.8) is 0 Å². The lowest BCUT2D eigenvalue weighted by Crippen LogP contribution is -2.47. The van der Waals surface area contributed by atoms with Crippen molar-refractivity contribution in [3.05, 3.63) is 29.8 Å². The number of anilines is 1. The quantitative estimate of drug-likeness (QED) is 0.737. The fourth-order valence-corrected chi connectivity index (χ4v) is 1.30. The van der Waals surface area contributed by atoms with Crippen LogP contribution < -0.4 is 16.4 Å². The van der Waals surface area contributed by atoms with E-state index < -0.39 is 12.1 Å². The Labute approximate surface area is 107 Å². The first-order chi connectivity index (χ1) is 8.40. The molecule has 1 rings (SSSR count). The van der Waals surface area contributed by atoms with Gasteiger partial charge >= 0.3 is 0 Å². The number of nitrogens with two attached hydrogens (primary N) is 1. The molecule has 0 aromatic heterocycles. The van der Waals surface area contributed by atoms with Crippen LogP contribution in [0.2, 0.25) is 0 Å². The summed E-state index contributed by atoms with van der Waals surface area (Å²) in [6, 6.07) is 6.19. The van der Waals surface area contributed by atoms with Gasteiger partial charge in [-0.05, 0) is 32.9 Å². The molecule has 2 atom stereocenters. The minimum atomic E-state index is -0.625. The van der Waals surface area contributed by atoms with Crippen LogP contribution in [0.5, 0.6) is 0 Å². The van der Waals surface area contributed by atoms with E-state index in [1.807, 2.05) is 31.2 Å². The first-order valence-electron chi connectivity index (χ1n) is 5.83. The molecule has 0 heterocycles. The molecule has 1 aromatic carbocycles. The maximum Gasteiger partial charge on any atom is 0.246 e. The highest BCUT2D eigenvalue weighted by atomic mass is 16.2. The SMILES string of the molecule is Cc1ccc(NC(=O)[C@H](C)NC(=O)[C@H](C)N)cc1. The average Bonchev–Trinajstić information content (AvgIpc) is 2.31.